The van der Waals surface area contributed by atoms with Crippen LogP contribution in [-0.4, -0.2) is 26.3 Å². The molecule has 0 bridgehead atoms. The van der Waals surface area contributed by atoms with Crippen LogP contribution >= 0.6 is 0 Å². The van der Waals surface area contributed by atoms with Crippen molar-refractivity contribution in [2.24, 2.45) is 0 Å². The van der Waals surface area contributed by atoms with Gasteiger partial charge in [-0.3, -0.25) is 0 Å². The fourth-order valence-corrected chi connectivity index (χ4v) is 2.18. The average Bonchev–Trinajstić information content (AvgIpc) is 2.38. The minimum atomic E-state index is -0.342. The Bertz CT molecular complexity index is 411. The second-order valence-electron chi connectivity index (χ2n) is 4.27. The highest BCUT2D eigenvalue weighted by atomic mass is 16.5. The zero-order valence-electron chi connectivity index (χ0n) is 9.94. The Balaban J connectivity index is 2.27. The minimum Gasteiger partial charge on any atom is -0.465 e. The van der Waals surface area contributed by atoms with Gasteiger partial charge in [0, 0.05) is 18.9 Å². The van der Waals surface area contributed by atoms with E-state index in [1.54, 1.807) is 6.07 Å². The first kappa shape index (κ1) is 11.9. The Hall–Kier alpha value is -1.55. The van der Waals surface area contributed by atoms with Crippen molar-refractivity contribution >= 4 is 11.7 Å². The molecule has 0 aliphatic carbocycles. The number of hydrogen-bond acceptors (Lipinski definition) is 4. The van der Waals surface area contributed by atoms with Crippen LogP contribution in [-0.2, 0) is 9.47 Å². The number of benzene rings is 1. The van der Waals surface area contributed by atoms with Crippen LogP contribution in [0.15, 0.2) is 18.2 Å². The van der Waals surface area contributed by atoms with E-state index in [1.807, 2.05) is 12.1 Å². The quantitative estimate of drug-likeness (QED) is 0.628. The van der Waals surface area contributed by atoms with Crippen molar-refractivity contribution in [3.63, 3.8) is 0 Å². The molecule has 0 saturated carbocycles. The Labute approximate surface area is 101 Å². The first-order chi connectivity index (χ1) is 8.20. The van der Waals surface area contributed by atoms with Gasteiger partial charge in [0.15, 0.2) is 0 Å². The lowest BCUT2D eigenvalue weighted by Gasteiger charge is -2.23. The highest BCUT2D eigenvalue weighted by Gasteiger charge is 2.18. The molecular formula is C13H17NO3. The lowest BCUT2D eigenvalue weighted by Crippen LogP contribution is -2.15. The van der Waals surface area contributed by atoms with Crippen molar-refractivity contribution in [1.29, 1.82) is 0 Å². The van der Waals surface area contributed by atoms with E-state index in [-0.39, 0.29) is 5.97 Å². The van der Waals surface area contributed by atoms with E-state index in [9.17, 15) is 4.79 Å². The average molecular weight is 235 g/mol. The second kappa shape index (κ2) is 5.19. The molecule has 17 heavy (non-hydrogen) atoms. The summed E-state index contributed by atoms with van der Waals surface area (Å²) in [4.78, 5) is 11.5. The van der Waals surface area contributed by atoms with Gasteiger partial charge in [0.05, 0.1) is 12.7 Å². The molecule has 1 aliphatic heterocycles. The predicted molar refractivity (Wildman–Crippen MR) is 65.0 cm³/mol. The molecule has 2 N–H and O–H groups in total. The zero-order chi connectivity index (χ0) is 12.3. The number of carbonyl (C=O) groups excluding carboxylic acids is 1. The van der Waals surface area contributed by atoms with Crippen molar-refractivity contribution < 1.29 is 14.3 Å². The molecule has 1 fully saturated rings. The predicted octanol–water partition coefficient (Wildman–Crippen LogP) is 1.95. The number of esters is 1. The fraction of sp³-hybridized carbons (Fsp3) is 0.462. The highest BCUT2D eigenvalue weighted by molar-refractivity contribution is 5.90. The number of anilines is 1. The molecule has 0 aromatic heterocycles. The maximum absolute atomic E-state index is 11.5. The van der Waals surface area contributed by atoms with Gasteiger partial charge >= 0.3 is 5.97 Å². The molecule has 1 aliphatic rings. The molecule has 0 amide bonds. The molecule has 1 aromatic carbocycles. The van der Waals surface area contributed by atoms with Gasteiger partial charge in [0.2, 0.25) is 0 Å². The first-order valence-corrected chi connectivity index (χ1v) is 5.77. The van der Waals surface area contributed by atoms with Crippen molar-refractivity contribution in [1.82, 2.24) is 0 Å². The van der Waals surface area contributed by atoms with Crippen LogP contribution in [0.4, 0.5) is 5.69 Å². The molecule has 2 rings (SSSR count). The van der Waals surface area contributed by atoms with E-state index in [1.165, 1.54) is 7.11 Å². The lowest BCUT2D eigenvalue weighted by molar-refractivity contribution is 0.0600. The van der Waals surface area contributed by atoms with Crippen molar-refractivity contribution in [2.75, 3.05) is 26.1 Å². The smallest absolute Gasteiger partial charge is 0.337 e. The second-order valence-corrected chi connectivity index (χ2v) is 4.27. The molecule has 0 radical (unpaired) electrons. The molecule has 0 atom stereocenters. The summed E-state index contributed by atoms with van der Waals surface area (Å²) in [6.07, 6.45) is 1.95. The van der Waals surface area contributed by atoms with Crippen molar-refractivity contribution in [3.8, 4) is 0 Å². The molecule has 92 valence electrons. The molecule has 0 unspecified atom stereocenters. The van der Waals surface area contributed by atoms with E-state index in [0.717, 1.165) is 31.6 Å². The molecule has 1 aromatic rings. The topological polar surface area (TPSA) is 61.5 Å². The number of nitrogens with two attached hydrogens (primary N) is 1. The van der Waals surface area contributed by atoms with Crippen molar-refractivity contribution in [3.05, 3.63) is 29.3 Å². The van der Waals surface area contributed by atoms with Gasteiger partial charge in [0.25, 0.3) is 0 Å². The Morgan fingerprint density at radius 1 is 1.35 bits per heavy atom. The van der Waals surface area contributed by atoms with E-state index < -0.39 is 0 Å². The number of hydrogen-bond donors (Lipinski definition) is 1. The van der Waals surface area contributed by atoms with Crippen LogP contribution in [0.5, 0.6) is 0 Å². The maximum atomic E-state index is 11.5. The van der Waals surface area contributed by atoms with E-state index in [4.69, 9.17) is 15.2 Å². The van der Waals surface area contributed by atoms with Gasteiger partial charge in [-0.05, 0) is 42.5 Å². The minimum absolute atomic E-state index is 0.342. The van der Waals surface area contributed by atoms with Gasteiger partial charge in [0.1, 0.15) is 0 Å². The van der Waals surface area contributed by atoms with Crippen LogP contribution in [0.1, 0.15) is 34.7 Å². The van der Waals surface area contributed by atoms with Gasteiger partial charge in [-0.2, -0.15) is 0 Å². The highest BCUT2D eigenvalue weighted by Crippen LogP contribution is 2.29. The van der Waals surface area contributed by atoms with Crippen LogP contribution in [0, 0.1) is 0 Å². The van der Waals surface area contributed by atoms with E-state index in [2.05, 4.69) is 0 Å². The zero-order valence-corrected chi connectivity index (χ0v) is 9.94. The SMILES string of the molecule is COC(=O)c1cc(N)cc(C2CCOCC2)c1. The Morgan fingerprint density at radius 2 is 2.06 bits per heavy atom. The monoisotopic (exact) mass is 235 g/mol. The van der Waals surface area contributed by atoms with Gasteiger partial charge in [-0.15, -0.1) is 0 Å². The molecule has 1 heterocycles. The summed E-state index contributed by atoms with van der Waals surface area (Å²) in [5.74, 6) is 0.0845. The van der Waals surface area contributed by atoms with E-state index in [0.29, 0.717) is 17.2 Å². The normalized spacial score (nSPS) is 16.8. The number of rotatable bonds is 2. The van der Waals surface area contributed by atoms with Gasteiger partial charge in [-0.25, -0.2) is 4.79 Å². The number of ether oxygens (including phenoxy) is 2. The molecular weight excluding hydrogens is 218 g/mol. The lowest BCUT2D eigenvalue weighted by atomic mass is 9.90. The van der Waals surface area contributed by atoms with Crippen molar-refractivity contribution in [2.45, 2.75) is 18.8 Å². The third kappa shape index (κ3) is 2.77. The summed E-state index contributed by atoms with van der Waals surface area (Å²) in [5.41, 5.74) is 8.05. The maximum Gasteiger partial charge on any atom is 0.337 e. The Morgan fingerprint density at radius 3 is 2.71 bits per heavy atom. The number of methoxy groups -OCH3 is 1. The van der Waals surface area contributed by atoms with Crippen LogP contribution in [0.2, 0.25) is 0 Å². The first-order valence-electron chi connectivity index (χ1n) is 5.77. The fourth-order valence-electron chi connectivity index (χ4n) is 2.18. The van der Waals surface area contributed by atoms with Crippen LogP contribution in [0.3, 0.4) is 0 Å². The summed E-state index contributed by atoms with van der Waals surface area (Å²) < 4.78 is 10.0. The number of carbonyl (C=O) groups is 1. The van der Waals surface area contributed by atoms with Crippen LogP contribution in [0.25, 0.3) is 0 Å². The molecule has 0 spiro atoms. The largest absolute Gasteiger partial charge is 0.465 e. The van der Waals surface area contributed by atoms with E-state index >= 15 is 0 Å². The van der Waals surface area contributed by atoms with Gasteiger partial charge < -0.3 is 15.2 Å². The summed E-state index contributed by atoms with van der Waals surface area (Å²) in [6, 6.07) is 5.45. The summed E-state index contributed by atoms with van der Waals surface area (Å²) >= 11 is 0. The molecule has 4 nitrogen and oxygen atoms in total. The third-order valence-electron chi connectivity index (χ3n) is 3.09. The molecule has 4 heteroatoms. The summed E-state index contributed by atoms with van der Waals surface area (Å²) in [6.45, 7) is 1.54. The van der Waals surface area contributed by atoms with Gasteiger partial charge in [-0.1, -0.05) is 0 Å². The molecule has 1 saturated heterocycles. The Kier molecular flexibility index (Phi) is 3.64. The van der Waals surface area contributed by atoms with Crippen LogP contribution < -0.4 is 5.73 Å². The number of nitrogen functional groups attached to an aromatic ring is 1. The standard InChI is InChI=1S/C13H17NO3/c1-16-13(15)11-6-10(7-12(14)8-11)9-2-4-17-5-3-9/h6-9H,2-5,14H2,1H3. The summed E-state index contributed by atoms with van der Waals surface area (Å²) in [5, 5.41) is 0. The summed E-state index contributed by atoms with van der Waals surface area (Å²) in [7, 11) is 1.37. The third-order valence-corrected chi connectivity index (χ3v) is 3.09.